The number of rotatable bonds is 8. The highest BCUT2D eigenvalue weighted by Gasteiger charge is 2.35. The summed E-state index contributed by atoms with van der Waals surface area (Å²) in [6.45, 7) is 7.40. The number of allylic oxidation sites excluding steroid dienone is 2. The van der Waals surface area contributed by atoms with Crippen LogP contribution in [-0.4, -0.2) is 24.1 Å². The molecule has 0 aliphatic carbocycles. The number of benzene rings is 2. The maximum Gasteiger partial charge on any atom is 0.337 e. The number of nitrogens with one attached hydrogen (secondary N) is 1. The second-order valence-corrected chi connectivity index (χ2v) is 8.31. The van der Waals surface area contributed by atoms with Gasteiger partial charge in [-0.3, -0.25) is 4.79 Å². The van der Waals surface area contributed by atoms with Crippen LogP contribution in [0.2, 0.25) is 0 Å². The molecule has 0 radical (unpaired) electrons. The number of aryl methyl sites for hydroxylation is 1. The number of ether oxygens (including phenoxy) is 1. The Kier molecular flexibility index (Phi) is 7.69. The quantitative estimate of drug-likeness (QED) is 0.349. The minimum atomic E-state index is -0.586. The van der Waals surface area contributed by atoms with E-state index >= 15 is 0 Å². The predicted molar refractivity (Wildman–Crippen MR) is 127 cm³/mol. The van der Waals surface area contributed by atoms with Gasteiger partial charge in [0.15, 0.2) is 5.78 Å². The summed E-state index contributed by atoms with van der Waals surface area (Å²) in [6.07, 6.45) is 1.50. The van der Waals surface area contributed by atoms with E-state index in [2.05, 4.69) is 18.0 Å². The van der Waals surface area contributed by atoms with Crippen LogP contribution in [0, 0.1) is 18.3 Å². The number of carbonyl (C=O) groups is 2. The number of dihydropyridines is 1. The Hall–Kier alpha value is -3.56. The average Bonchev–Trinajstić information content (AvgIpc) is 2.81. The molecule has 0 unspecified atom stereocenters. The lowest BCUT2D eigenvalue weighted by Crippen LogP contribution is -2.29. The standard InChI is InChI=1S/C26H24N2O3S/c1-4-14-31-26(30)23-18(3)28-25(21(15-27)24(23)20-8-6-5-7-9-20)32-16-22(29)19-12-10-17(2)11-13-19/h4-13,24,28H,1,14,16H2,2-3H3/t24-/m0/s1. The second-order valence-electron chi connectivity index (χ2n) is 7.33. The van der Waals surface area contributed by atoms with E-state index < -0.39 is 11.9 Å². The minimum Gasteiger partial charge on any atom is -0.458 e. The molecule has 162 valence electrons. The molecule has 6 heteroatoms. The monoisotopic (exact) mass is 444 g/mol. The van der Waals surface area contributed by atoms with E-state index in [0.717, 1.165) is 11.1 Å². The molecule has 0 bridgehead atoms. The van der Waals surface area contributed by atoms with Crippen LogP contribution in [0.25, 0.3) is 0 Å². The van der Waals surface area contributed by atoms with E-state index in [9.17, 15) is 14.9 Å². The molecular weight excluding hydrogens is 420 g/mol. The zero-order valence-corrected chi connectivity index (χ0v) is 18.9. The van der Waals surface area contributed by atoms with Gasteiger partial charge in [-0.15, -0.1) is 0 Å². The molecule has 1 aliphatic rings. The van der Waals surface area contributed by atoms with Crippen molar-refractivity contribution in [3.63, 3.8) is 0 Å². The van der Waals surface area contributed by atoms with E-state index in [0.29, 0.717) is 27.4 Å². The summed E-state index contributed by atoms with van der Waals surface area (Å²) in [5.74, 6) is -0.953. The molecule has 0 amide bonds. The van der Waals surface area contributed by atoms with Crippen molar-refractivity contribution in [1.82, 2.24) is 5.32 Å². The number of nitrogens with zero attached hydrogens (tertiary/aromatic N) is 1. The average molecular weight is 445 g/mol. The van der Waals surface area contributed by atoms with Crippen molar-refractivity contribution in [2.24, 2.45) is 0 Å². The Bertz CT molecular complexity index is 1130. The van der Waals surface area contributed by atoms with Gasteiger partial charge in [-0.2, -0.15) is 5.26 Å². The summed E-state index contributed by atoms with van der Waals surface area (Å²) in [7, 11) is 0. The summed E-state index contributed by atoms with van der Waals surface area (Å²) >= 11 is 1.26. The number of esters is 1. The maximum atomic E-state index is 12.8. The van der Waals surface area contributed by atoms with Crippen LogP contribution in [0.1, 0.15) is 34.3 Å². The highest BCUT2D eigenvalue weighted by molar-refractivity contribution is 8.03. The topological polar surface area (TPSA) is 79.2 Å². The van der Waals surface area contributed by atoms with E-state index in [1.807, 2.05) is 49.4 Å². The normalized spacial score (nSPS) is 15.6. The van der Waals surface area contributed by atoms with Crippen molar-refractivity contribution in [2.45, 2.75) is 19.8 Å². The molecule has 3 rings (SSSR count). The van der Waals surface area contributed by atoms with Crippen LogP contribution in [0.5, 0.6) is 0 Å². The molecule has 2 aromatic rings. The lowest BCUT2D eigenvalue weighted by molar-refractivity contribution is -0.138. The fourth-order valence-electron chi connectivity index (χ4n) is 3.45. The zero-order valence-electron chi connectivity index (χ0n) is 18.1. The predicted octanol–water partition coefficient (Wildman–Crippen LogP) is 5.04. The van der Waals surface area contributed by atoms with E-state index in [-0.39, 0.29) is 18.1 Å². The van der Waals surface area contributed by atoms with Crippen LogP contribution in [0.3, 0.4) is 0 Å². The van der Waals surface area contributed by atoms with E-state index in [1.54, 1.807) is 19.1 Å². The van der Waals surface area contributed by atoms with Crippen molar-refractivity contribution in [2.75, 3.05) is 12.4 Å². The van der Waals surface area contributed by atoms with Gasteiger partial charge < -0.3 is 10.1 Å². The first-order valence-electron chi connectivity index (χ1n) is 10.1. The molecule has 0 saturated heterocycles. The first kappa shape index (κ1) is 23.1. The van der Waals surface area contributed by atoms with Crippen LogP contribution >= 0.6 is 11.8 Å². The molecule has 1 heterocycles. The van der Waals surface area contributed by atoms with Gasteiger partial charge in [0.2, 0.25) is 0 Å². The Morgan fingerprint density at radius 2 is 1.84 bits per heavy atom. The summed E-state index contributed by atoms with van der Waals surface area (Å²) in [6, 6.07) is 19.0. The Morgan fingerprint density at radius 3 is 2.47 bits per heavy atom. The first-order valence-corrected chi connectivity index (χ1v) is 11.1. The van der Waals surface area contributed by atoms with Crippen LogP contribution in [0.15, 0.2) is 89.1 Å². The van der Waals surface area contributed by atoms with Gasteiger partial charge >= 0.3 is 5.97 Å². The third-order valence-electron chi connectivity index (χ3n) is 5.05. The first-order chi connectivity index (χ1) is 15.5. The molecule has 0 spiro atoms. The second kappa shape index (κ2) is 10.7. The van der Waals surface area contributed by atoms with E-state index in [4.69, 9.17) is 4.74 Å². The van der Waals surface area contributed by atoms with Crippen molar-refractivity contribution in [3.05, 3.63) is 106 Å². The number of ketones is 1. The molecule has 0 fully saturated rings. The van der Waals surface area contributed by atoms with Gasteiger partial charge in [-0.1, -0.05) is 84.6 Å². The Labute approximate surface area is 192 Å². The van der Waals surface area contributed by atoms with Crippen LogP contribution < -0.4 is 5.32 Å². The highest BCUT2D eigenvalue weighted by atomic mass is 32.2. The van der Waals surface area contributed by atoms with Crippen LogP contribution in [-0.2, 0) is 9.53 Å². The smallest absolute Gasteiger partial charge is 0.337 e. The molecule has 5 nitrogen and oxygen atoms in total. The summed E-state index contributed by atoms with van der Waals surface area (Å²) < 4.78 is 5.30. The molecule has 2 aromatic carbocycles. The summed E-state index contributed by atoms with van der Waals surface area (Å²) in [5.41, 5.74) is 3.87. The lowest BCUT2D eigenvalue weighted by atomic mass is 9.82. The summed E-state index contributed by atoms with van der Waals surface area (Å²) in [4.78, 5) is 25.5. The number of hydrogen-bond acceptors (Lipinski definition) is 6. The van der Waals surface area contributed by atoms with Gasteiger partial charge in [0.05, 0.1) is 33.9 Å². The third kappa shape index (κ3) is 5.19. The van der Waals surface area contributed by atoms with Crippen LogP contribution in [0.4, 0.5) is 0 Å². The molecule has 32 heavy (non-hydrogen) atoms. The number of Topliss-reactive ketones (excluding diaryl/α,β-unsaturated/α-hetero) is 1. The fourth-order valence-corrected chi connectivity index (χ4v) is 4.44. The number of carbonyl (C=O) groups excluding carboxylic acids is 2. The highest BCUT2D eigenvalue weighted by Crippen LogP contribution is 2.41. The molecule has 0 aromatic heterocycles. The third-order valence-corrected chi connectivity index (χ3v) is 6.07. The molecular formula is C26H24N2O3S. The molecule has 1 aliphatic heterocycles. The van der Waals surface area contributed by atoms with Gasteiger partial charge in [0.1, 0.15) is 6.61 Å². The van der Waals surface area contributed by atoms with Crippen molar-refractivity contribution >= 4 is 23.5 Å². The van der Waals surface area contributed by atoms with Crippen molar-refractivity contribution in [3.8, 4) is 6.07 Å². The van der Waals surface area contributed by atoms with Gasteiger partial charge in [0, 0.05) is 11.3 Å². The number of nitriles is 1. The molecule has 1 N–H and O–H groups in total. The number of hydrogen-bond donors (Lipinski definition) is 1. The Morgan fingerprint density at radius 1 is 1.16 bits per heavy atom. The fraction of sp³-hybridized carbons (Fsp3) is 0.192. The minimum absolute atomic E-state index is 0.0318. The molecule has 1 atom stereocenters. The van der Waals surface area contributed by atoms with Gasteiger partial charge in [-0.05, 0) is 19.4 Å². The summed E-state index contributed by atoms with van der Waals surface area (Å²) in [5, 5.41) is 13.8. The SMILES string of the molecule is C=CCOC(=O)C1=C(C)NC(SCC(=O)c2ccc(C)cc2)=C(C#N)[C@@H]1c1ccccc1. The maximum absolute atomic E-state index is 12.8. The van der Waals surface area contributed by atoms with Crippen molar-refractivity contribution in [1.29, 1.82) is 5.26 Å². The zero-order chi connectivity index (χ0) is 23.1. The van der Waals surface area contributed by atoms with Gasteiger partial charge in [0.25, 0.3) is 0 Å². The van der Waals surface area contributed by atoms with Gasteiger partial charge in [-0.25, -0.2) is 4.79 Å². The molecule has 0 saturated carbocycles. The lowest BCUT2D eigenvalue weighted by Gasteiger charge is -2.29. The largest absolute Gasteiger partial charge is 0.458 e. The van der Waals surface area contributed by atoms with E-state index in [1.165, 1.54) is 17.8 Å². The number of thioether (sulfide) groups is 1. The Balaban J connectivity index is 1.94. The van der Waals surface area contributed by atoms with Crippen molar-refractivity contribution < 1.29 is 14.3 Å².